The molecule has 0 saturated heterocycles. The summed E-state index contributed by atoms with van der Waals surface area (Å²) in [5.74, 6) is -0.923. The van der Waals surface area contributed by atoms with Crippen molar-refractivity contribution in [2.24, 2.45) is 0 Å². The highest BCUT2D eigenvalue weighted by molar-refractivity contribution is 7.13. The first-order valence-corrected chi connectivity index (χ1v) is 9.84. The van der Waals surface area contributed by atoms with Gasteiger partial charge in [0.2, 0.25) is 0 Å². The van der Waals surface area contributed by atoms with Gasteiger partial charge in [-0.2, -0.15) is 0 Å². The predicted molar refractivity (Wildman–Crippen MR) is 97.8 cm³/mol. The largest absolute Gasteiger partial charge is 0.477 e. The Kier molecular flexibility index (Phi) is 11.2. The molecule has 0 spiro atoms. The molecule has 0 bridgehead atoms. The van der Waals surface area contributed by atoms with Gasteiger partial charge in [0.05, 0.1) is 7.11 Å². The number of carboxylic acids is 1. The molecule has 1 N–H and O–H groups in total. The minimum atomic E-state index is -0.823. The van der Waals surface area contributed by atoms with Crippen LogP contribution in [0.15, 0.2) is 12.1 Å². The van der Waals surface area contributed by atoms with E-state index in [1.54, 1.807) is 6.07 Å². The third-order valence-corrected chi connectivity index (χ3v) is 5.29. The van der Waals surface area contributed by atoms with Crippen LogP contribution in [-0.4, -0.2) is 24.2 Å². The fourth-order valence-corrected chi connectivity index (χ4v) is 3.60. The van der Waals surface area contributed by atoms with Gasteiger partial charge in [-0.05, 0) is 31.4 Å². The molecule has 0 amide bonds. The Morgan fingerprint density at radius 2 is 1.46 bits per heavy atom. The van der Waals surface area contributed by atoms with Crippen LogP contribution in [0.5, 0.6) is 0 Å². The molecule has 0 aliphatic heterocycles. The molecule has 5 heteroatoms. The summed E-state index contributed by atoms with van der Waals surface area (Å²) >= 11 is 1.40. The van der Waals surface area contributed by atoms with E-state index in [0.29, 0.717) is 11.3 Å². The number of thiophene rings is 1. The molecule has 1 rings (SSSR count). The molecule has 0 fully saturated rings. The Morgan fingerprint density at radius 1 is 0.917 bits per heavy atom. The van der Waals surface area contributed by atoms with Crippen molar-refractivity contribution in [2.75, 3.05) is 7.11 Å². The highest BCUT2D eigenvalue weighted by atomic mass is 32.1. The molecular weight excluding hydrogens is 324 g/mol. The second kappa shape index (κ2) is 13.0. The van der Waals surface area contributed by atoms with E-state index >= 15 is 0 Å². The highest BCUT2D eigenvalue weighted by Gasteiger charge is 2.06. The van der Waals surface area contributed by atoms with Gasteiger partial charge < -0.3 is 9.84 Å². The average molecular weight is 355 g/mol. The van der Waals surface area contributed by atoms with Crippen molar-refractivity contribution >= 4 is 23.3 Å². The van der Waals surface area contributed by atoms with Crippen LogP contribution in [0.2, 0.25) is 0 Å². The van der Waals surface area contributed by atoms with Gasteiger partial charge >= 0.3 is 11.9 Å². The van der Waals surface area contributed by atoms with Crippen molar-refractivity contribution in [3.05, 3.63) is 21.9 Å². The molecule has 4 nitrogen and oxygen atoms in total. The first-order chi connectivity index (χ1) is 11.6. The number of esters is 1. The number of rotatable bonds is 14. The normalized spacial score (nSPS) is 10.7. The number of carbonyl (C=O) groups is 2. The summed E-state index contributed by atoms with van der Waals surface area (Å²) in [6, 6.07) is 3.64. The first kappa shape index (κ1) is 20.7. The molecule has 136 valence electrons. The maximum atomic E-state index is 10.9. The maximum Gasteiger partial charge on any atom is 0.345 e. The van der Waals surface area contributed by atoms with Crippen molar-refractivity contribution < 1.29 is 19.4 Å². The lowest BCUT2D eigenvalue weighted by Crippen LogP contribution is -1.99. The van der Waals surface area contributed by atoms with Crippen LogP contribution >= 0.6 is 11.3 Å². The second-order valence-electron chi connectivity index (χ2n) is 6.18. The highest BCUT2D eigenvalue weighted by Crippen LogP contribution is 2.19. The molecule has 0 saturated carbocycles. The van der Waals surface area contributed by atoms with Gasteiger partial charge in [0.15, 0.2) is 0 Å². The van der Waals surface area contributed by atoms with E-state index in [1.807, 2.05) is 6.07 Å². The van der Waals surface area contributed by atoms with Crippen molar-refractivity contribution in [1.82, 2.24) is 0 Å². The summed E-state index contributed by atoms with van der Waals surface area (Å²) in [5.41, 5.74) is 0. The first-order valence-electron chi connectivity index (χ1n) is 9.02. The Bertz CT molecular complexity index is 481. The zero-order chi connectivity index (χ0) is 17.6. The Hall–Kier alpha value is -1.36. The van der Waals surface area contributed by atoms with Crippen LogP contribution in [0.3, 0.4) is 0 Å². The van der Waals surface area contributed by atoms with Crippen molar-refractivity contribution in [1.29, 1.82) is 0 Å². The summed E-state index contributed by atoms with van der Waals surface area (Å²) in [4.78, 5) is 23.4. The number of carboxylic acid groups (broad SMARTS) is 1. The molecule has 0 radical (unpaired) electrons. The van der Waals surface area contributed by atoms with Crippen LogP contribution in [0.1, 0.15) is 85.2 Å². The number of methoxy groups -OCH3 is 1. The van der Waals surface area contributed by atoms with E-state index in [2.05, 4.69) is 4.74 Å². The number of unbranched alkanes of at least 4 members (excludes halogenated alkanes) is 9. The number of aromatic carboxylic acids is 1. The zero-order valence-corrected chi connectivity index (χ0v) is 15.5. The molecule has 0 aliphatic rings. The Labute approximate surface area is 149 Å². The minimum absolute atomic E-state index is 0.100. The number of hydrogen-bond donors (Lipinski definition) is 1. The molecule has 0 aromatic carbocycles. The SMILES string of the molecule is COC(=O)CCCCCCCCCCCCc1ccc(C(=O)O)s1. The van der Waals surface area contributed by atoms with Crippen molar-refractivity contribution in [2.45, 2.75) is 77.0 Å². The molecule has 1 heterocycles. The van der Waals surface area contributed by atoms with E-state index < -0.39 is 5.97 Å². The standard InChI is InChI=1S/C19H30O4S/c1-23-18(20)13-11-9-7-5-3-2-4-6-8-10-12-16-14-15-17(24-16)19(21)22/h14-15H,2-13H2,1H3,(H,21,22). The van der Waals surface area contributed by atoms with Gasteiger partial charge in [-0.25, -0.2) is 4.79 Å². The zero-order valence-electron chi connectivity index (χ0n) is 14.7. The number of ether oxygens (including phenoxy) is 1. The van der Waals surface area contributed by atoms with Gasteiger partial charge in [0, 0.05) is 11.3 Å². The van der Waals surface area contributed by atoms with Gasteiger partial charge in [-0.15, -0.1) is 11.3 Å². The van der Waals surface area contributed by atoms with Crippen LogP contribution in [0, 0.1) is 0 Å². The molecule has 0 unspecified atom stereocenters. The summed E-state index contributed by atoms with van der Waals surface area (Å²) in [6.45, 7) is 0. The summed E-state index contributed by atoms with van der Waals surface area (Å²) in [6.07, 6.45) is 13.6. The number of aryl methyl sites for hydroxylation is 1. The third kappa shape index (κ3) is 9.71. The topological polar surface area (TPSA) is 63.6 Å². The smallest absolute Gasteiger partial charge is 0.345 e. The van der Waals surface area contributed by atoms with Crippen LogP contribution < -0.4 is 0 Å². The lowest BCUT2D eigenvalue weighted by Gasteiger charge is -2.02. The second-order valence-corrected chi connectivity index (χ2v) is 7.35. The molecule has 24 heavy (non-hydrogen) atoms. The van der Waals surface area contributed by atoms with Crippen LogP contribution in [-0.2, 0) is 16.0 Å². The van der Waals surface area contributed by atoms with Crippen molar-refractivity contribution in [3.8, 4) is 0 Å². The lowest BCUT2D eigenvalue weighted by atomic mass is 10.0. The summed E-state index contributed by atoms with van der Waals surface area (Å²) < 4.78 is 4.62. The monoisotopic (exact) mass is 354 g/mol. The van der Waals surface area contributed by atoms with Crippen LogP contribution in [0.4, 0.5) is 0 Å². The maximum absolute atomic E-state index is 10.9. The fourth-order valence-electron chi connectivity index (χ4n) is 2.71. The van der Waals surface area contributed by atoms with Gasteiger partial charge in [0.1, 0.15) is 4.88 Å². The van der Waals surface area contributed by atoms with E-state index in [9.17, 15) is 9.59 Å². The van der Waals surface area contributed by atoms with E-state index in [1.165, 1.54) is 68.3 Å². The minimum Gasteiger partial charge on any atom is -0.477 e. The molecule has 1 aromatic heterocycles. The Balaban J connectivity index is 1.85. The molecular formula is C19H30O4S. The third-order valence-electron chi connectivity index (χ3n) is 4.15. The molecule has 0 aliphatic carbocycles. The van der Waals surface area contributed by atoms with E-state index in [0.717, 1.165) is 25.7 Å². The fraction of sp³-hybridized carbons (Fsp3) is 0.684. The van der Waals surface area contributed by atoms with Gasteiger partial charge in [-0.3, -0.25) is 4.79 Å². The van der Waals surface area contributed by atoms with Crippen molar-refractivity contribution in [3.63, 3.8) is 0 Å². The summed E-state index contributed by atoms with van der Waals surface area (Å²) in [7, 11) is 1.44. The lowest BCUT2D eigenvalue weighted by molar-refractivity contribution is -0.140. The average Bonchev–Trinajstić information content (AvgIpc) is 3.04. The molecule has 1 aromatic rings. The number of carbonyl (C=O) groups excluding carboxylic acids is 1. The van der Waals surface area contributed by atoms with E-state index in [-0.39, 0.29) is 5.97 Å². The predicted octanol–water partition coefficient (Wildman–Crippen LogP) is 5.45. The van der Waals surface area contributed by atoms with Crippen LogP contribution in [0.25, 0.3) is 0 Å². The van der Waals surface area contributed by atoms with Gasteiger partial charge in [0.25, 0.3) is 0 Å². The van der Waals surface area contributed by atoms with Gasteiger partial charge in [-0.1, -0.05) is 51.4 Å². The number of hydrogen-bond acceptors (Lipinski definition) is 4. The summed E-state index contributed by atoms with van der Waals surface area (Å²) in [5, 5.41) is 8.88. The molecule has 0 atom stereocenters. The quantitative estimate of drug-likeness (QED) is 0.356. The Morgan fingerprint density at radius 3 is 1.96 bits per heavy atom. The van der Waals surface area contributed by atoms with E-state index in [4.69, 9.17) is 5.11 Å².